The summed E-state index contributed by atoms with van der Waals surface area (Å²) in [6.45, 7) is 3.76. The molecule has 1 atom stereocenters. The Morgan fingerprint density at radius 3 is 2.85 bits per heavy atom. The number of anilines is 1. The van der Waals surface area contributed by atoms with Crippen molar-refractivity contribution in [2.45, 2.75) is 25.7 Å². The SMILES string of the molecule is Cc1nc([C@@H]2CCCN(CC(=O)Nc3nccs3)C2)ncc1C(=O)N(C)C. The normalized spacial score (nSPS) is 17.5. The Balaban J connectivity index is 1.63. The van der Waals surface area contributed by atoms with Crippen LogP contribution in [-0.2, 0) is 4.79 Å². The summed E-state index contributed by atoms with van der Waals surface area (Å²) in [6, 6.07) is 0. The first-order valence-corrected chi connectivity index (χ1v) is 9.79. The summed E-state index contributed by atoms with van der Waals surface area (Å²) in [4.78, 5) is 41.1. The van der Waals surface area contributed by atoms with E-state index in [1.54, 1.807) is 26.5 Å². The van der Waals surface area contributed by atoms with E-state index in [4.69, 9.17) is 0 Å². The minimum absolute atomic E-state index is 0.0605. The summed E-state index contributed by atoms with van der Waals surface area (Å²) in [5.74, 6) is 0.749. The molecule has 2 amide bonds. The second-order valence-electron chi connectivity index (χ2n) is 6.89. The van der Waals surface area contributed by atoms with Crippen LogP contribution in [0.2, 0.25) is 0 Å². The number of rotatable bonds is 5. The van der Waals surface area contributed by atoms with Crippen LogP contribution in [-0.4, -0.2) is 70.3 Å². The highest BCUT2D eigenvalue weighted by atomic mass is 32.1. The predicted octanol–water partition coefficient (Wildman–Crippen LogP) is 1.76. The Labute approximate surface area is 162 Å². The summed E-state index contributed by atoms with van der Waals surface area (Å²) in [5, 5.41) is 5.27. The number of amides is 2. The second-order valence-corrected chi connectivity index (χ2v) is 7.78. The number of hydrogen-bond donors (Lipinski definition) is 1. The van der Waals surface area contributed by atoms with Crippen LogP contribution in [0.4, 0.5) is 5.13 Å². The van der Waals surface area contributed by atoms with Gasteiger partial charge in [0.1, 0.15) is 5.82 Å². The molecule has 0 spiro atoms. The van der Waals surface area contributed by atoms with Gasteiger partial charge in [0.2, 0.25) is 5.91 Å². The predicted molar refractivity (Wildman–Crippen MR) is 104 cm³/mol. The number of likely N-dealkylation sites (tertiary alicyclic amines) is 1. The first-order chi connectivity index (χ1) is 12.9. The topological polar surface area (TPSA) is 91.3 Å². The number of carbonyl (C=O) groups is 2. The minimum atomic E-state index is -0.0943. The maximum Gasteiger partial charge on any atom is 0.256 e. The van der Waals surface area contributed by atoms with Crippen molar-refractivity contribution in [3.63, 3.8) is 0 Å². The van der Waals surface area contributed by atoms with Gasteiger partial charge in [0.25, 0.3) is 5.91 Å². The molecule has 0 radical (unpaired) electrons. The number of aryl methyl sites for hydroxylation is 1. The van der Waals surface area contributed by atoms with Gasteiger partial charge < -0.3 is 10.2 Å². The van der Waals surface area contributed by atoms with Gasteiger partial charge in [-0.1, -0.05) is 0 Å². The largest absolute Gasteiger partial charge is 0.345 e. The summed E-state index contributed by atoms with van der Waals surface area (Å²) in [7, 11) is 3.43. The van der Waals surface area contributed by atoms with Gasteiger partial charge in [0.05, 0.1) is 17.8 Å². The highest BCUT2D eigenvalue weighted by molar-refractivity contribution is 7.13. The van der Waals surface area contributed by atoms with Crippen molar-refractivity contribution < 1.29 is 9.59 Å². The number of thiazole rings is 1. The van der Waals surface area contributed by atoms with Crippen LogP contribution < -0.4 is 5.32 Å². The lowest BCUT2D eigenvalue weighted by Crippen LogP contribution is -2.40. The van der Waals surface area contributed by atoms with Crippen molar-refractivity contribution >= 4 is 28.3 Å². The van der Waals surface area contributed by atoms with Crippen LogP contribution in [0, 0.1) is 6.92 Å². The van der Waals surface area contributed by atoms with Crippen molar-refractivity contribution in [3.05, 3.63) is 34.9 Å². The van der Waals surface area contributed by atoms with Crippen LogP contribution >= 0.6 is 11.3 Å². The van der Waals surface area contributed by atoms with Gasteiger partial charge in [0.15, 0.2) is 5.13 Å². The van der Waals surface area contributed by atoms with Gasteiger partial charge in [-0.15, -0.1) is 11.3 Å². The Morgan fingerprint density at radius 1 is 1.37 bits per heavy atom. The second kappa shape index (κ2) is 8.53. The van der Waals surface area contributed by atoms with Crippen LogP contribution in [0.5, 0.6) is 0 Å². The molecule has 1 aliphatic heterocycles. The van der Waals surface area contributed by atoms with Crippen LogP contribution in [0.25, 0.3) is 0 Å². The number of hydrogen-bond acceptors (Lipinski definition) is 7. The molecule has 8 nitrogen and oxygen atoms in total. The molecule has 27 heavy (non-hydrogen) atoms. The molecule has 2 aromatic rings. The number of piperidine rings is 1. The van der Waals surface area contributed by atoms with E-state index in [9.17, 15) is 9.59 Å². The molecule has 0 bridgehead atoms. The first kappa shape index (κ1) is 19.4. The van der Waals surface area contributed by atoms with E-state index in [1.807, 2.05) is 12.3 Å². The van der Waals surface area contributed by atoms with Crippen molar-refractivity contribution in [3.8, 4) is 0 Å². The first-order valence-electron chi connectivity index (χ1n) is 8.91. The maximum absolute atomic E-state index is 12.2. The van der Waals surface area contributed by atoms with E-state index < -0.39 is 0 Å². The summed E-state index contributed by atoms with van der Waals surface area (Å²) in [6.07, 6.45) is 5.25. The van der Waals surface area contributed by atoms with E-state index >= 15 is 0 Å². The van der Waals surface area contributed by atoms with Crippen LogP contribution in [0.15, 0.2) is 17.8 Å². The van der Waals surface area contributed by atoms with E-state index in [0.29, 0.717) is 22.9 Å². The Bertz CT molecular complexity index is 808. The lowest BCUT2D eigenvalue weighted by Gasteiger charge is -2.31. The van der Waals surface area contributed by atoms with Crippen molar-refractivity contribution in [1.82, 2.24) is 24.8 Å². The zero-order valence-electron chi connectivity index (χ0n) is 15.8. The molecule has 1 saturated heterocycles. The summed E-state index contributed by atoms with van der Waals surface area (Å²) in [5.41, 5.74) is 1.22. The number of nitrogens with zero attached hydrogens (tertiary/aromatic N) is 5. The van der Waals surface area contributed by atoms with E-state index in [-0.39, 0.29) is 17.7 Å². The third-order valence-electron chi connectivity index (χ3n) is 4.55. The zero-order chi connectivity index (χ0) is 19.4. The summed E-state index contributed by atoms with van der Waals surface area (Å²) >= 11 is 1.41. The molecule has 0 unspecified atom stereocenters. The molecule has 3 heterocycles. The third-order valence-corrected chi connectivity index (χ3v) is 5.24. The van der Waals surface area contributed by atoms with E-state index in [0.717, 1.165) is 31.8 Å². The van der Waals surface area contributed by atoms with Crippen LogP contribution in [0.3, 0.4) is 0 Å². The molecule has 2 aromatic heterocycles. The van der Waals surface area contributed by atoms with E-state index in [2.05, 4.69) is 25.2 Å². The molecule has 0 aromatic carbocycles. The lowest BCUT2D eigenvalue weighted by atomic mass is 9.97. The maximum atomic E-state index is 12.2. The highest BCUT2D eigenvalue weighted by Gasteiger charge is 2.26. The number of carbonyl (C=O) groups excluding carboxylic acids is 2. The Hall–Kier alpha value is -2.39. The third kappa shape index (κ3) is 4.86. The fourth-order valence-electron chi connectivity index (χ4n) is 3.19. The van der Waals surface area contributed by atoms with Crippen molar-refractivity contribution in [1.29, 1.82) is 0 Å². The molecular weight excluding hydrogens is 364 g/mol. The molecule has 1 N–H and O–H groups in total. The quantitative estimate of drug-likeness (QED) is 0.839. The molecule has 0 aliphatic carbocycles. The van der Waals surface area contributed by atoms with Gasteiger partial charge in [-0.2, -0.15) is 0 Å². The molecule has 1 fully saturated rings. The Kier molecular flexibility index (Phi) is 6.12. The Morgan fingerprint density at radius 2 is 2.19 bits per heavy atom. The fraction of sp³-hybridized carbons (Fsp3) is 0.500. The van der Waals surface area contributed by atoms with Crippen LogP contribution in [0.1, 0.15) is 40.6 Å². The van der Waals surface area contributed by atoms with E-state index in [1.165, 1.54) is 16.2 Å². The molecular formula is C18H24N6O2S. The number of aromatic nitrogens is 3. The van der Waals surface area contributed by atoms with Gasteiger partial charge in [-0.3, -0.25) is 14.5 Å². The standard InChI is InChI=1S/C18H24N6O2S/c1-12-14(17(26)23(2)3)9-20-16(21-12)13-5-4-7-24(10-13)11-15(25)22-18-19-6-8-27-18/h6,8-9,13H,4-5,7,10-11H2,1-3H3,(H,19,22,25)/t13-/m1/s1. The highest BCUT2D eigenvalue weighted by Crippen LogP contribution is 2.25. The summed E-state index contributed by atoms with van der Waals surface area (Å²) < 4.78 is 0. The van der Waals surface area contributed by atoms with Gasteiger partial charge in [0, 0.05) is 44.3 Å². The van der Waals surface area contributed by atoms with Gasteiger partial charge in [-0.05, 0) is 26.3 Å². The zero-order valence-corrected chi connectivity index (χ0v) is 16.6. The molecule has 3 rings (SSSR count). The minimum Gasteiger partial charge on any atom is -0.345 e. The van der Waals surface area contributed by atoms with Crippen molar-refractivity contribution in [2.24, 2.45) is 0 Å². The fourth-order valence-corrected chi connectivity index (χ4v) is 3.73. The molecule has 9 heteroatoms. The number of nitrogens with one attached hydrogen (secondary N) is 1. The molecule has 144 valence electrons. The smallest absolute Gasteiger partial charge is 0.256 e. The van der Waals surface area contributed by atoms with Gasteiger partial charge >= 0.3 is 0 Å². The average molecular weight is 388 g/mol. The lowest BCUT2D eigenvalue weighted by molar-refractivity contribution is -0.117. The van der Waals surface area contributed by atoms with Gasteiger partial charge in [-0.25, -0.2) is 15.0 Å². The monoisotopic (exact) mass is 388 g/mol. The average Bonchev–Trinajstić information content (AvgIpc) is 3.14. The van der Waals surface area contributed by atoms with Crippen molar-refractivity contribution in [2.75, 3.05) is 39.0 Å². The molecule has 0 saturated carbocycles. The molecule has 1 aliphatic rings.